The average Bonchev–Trinajstić information content (AvgIpc) is 3.35. The second kappa shape index (κ2) is 8.97. The van der Waals surface area contributed by atoms with Gasteiger partial charge in [0.15, 0.2) is 5.13 Å². The van der Waals surface area contributed by atoms with E-state index >= 15 is 0 Å². The molecule has 2 heterocycles. The SMILES string of the molecule is CCOC(=O)Nc1nc(CC(=O)Nc2ccc(-c3nc4ccc(C)cc4[nH]3)cc2)cs1. The molecule has 4 aromatic rings. The number of carbonyl (C=O) groups is 2. The van der Waals surface area contributed by atoms with Crippen LogP contribution >= 0.6 is 11.3 Å². The van der Waals surface area contributed by atoms with Crippen LogP contribution in [0.2, 0.25) is 0 Å². The first-order valence-electron chi connectivity index (χ1n) is 9.75. The molecule has 4 rings (SSSR count). The number of imidazole rings is 1. The van der Waals surface area contributed by atoms with Gasteiger partial charge in [-0.1, -0.05) is 6.07 Å². The molecular weight excluding hydrogens is 414 g/mol. The third kappa shape index (κ3) is 5.07. The molecular formula is C22H21N5O3S. The van der Waals surface area contributed by atoms with E-state index < -0.39 is 6.09 Å². The number of fused-ring (bicyclic) bond motifs is 1. The van der Waals surface area contributed by atoms with Gasteiger partial charge in [0.05, 0.1) is 29.8 Å². The van der Waals surface area contributed by atoms with Crippen LogP contribution in [0.5, 0.6) is 0 Å². The molecule has 0 unspecified atom stereocenters. The smallest absolute Gasteiger partial charge is 0.413 e. The van der Waals surface area contributed by atoms with Crippen molar-refractivity contribution in [1.29, 1.82) is 0 Å². The van der Waals surface area contributed by atoms with E-state index in [9.17, 15) is 9.59 Å². The number of aryl methyl sites for hydroxylation is 1. The highest BCUT2D eigenvalue weighted by molar-refractivity contribution is 7.13. The zero-order chi connectivity index (χ0) is 21.8. The third-order valence-electron chi connectivity index (χ3n) is 4.46. The summed E-state index contributed by atoms with van der Waals surface area (Å²) in [7, 11) is 0. The summed E-state index contributed by atoms with van der Waals surface area (Å²) in [5.41, 5.74) is 5.26. The molecule has 31 heavy (non-hydrogen) atoms. The van der Waals surface area contributed by atoms with E-state index in [0.29, 0.717) is 16.5 Å². The number of amides is 2. The summed E-state index contributed by atoms with van der Waals surface area (Å²) in [5, 5.41) is 7.51. The number of thiazole rings is 1. The minimum absolute atomic E-state index is 0.103. The molecule has 158 valence electrons. The number of hydrogen-bond donors (Lipinski definition) is 3. The van der Waals surface area contributed by atoms with Gasteiger partial charge in [0.2, 0.25) is 5.91 Å². The lowest BCUT2D eigenvalue weighted by atomic mass is 10.2. The molecule has 0 saturated carbocycles. The molecule has 0 radical (unpaired) electrons. The number of rotatable bonds is 6. The molecule has 0 aliphatic rings. The van der Waals surface area contributed by atoms with Gasteiger partial charge in [0.25, 0.3) is 0 Å². The van der Waals surface area contributed by atoms with Crippen LogP contribution in [0.15, 0.2) is 47.8 Å². The van der Waals surface area contributed by atoms with Crippen molar-refractivity contribution < 1.29 is 14.3 Å². The Hall–Kier alpha value is -3.72. The van der Waals surface area contributed by atoms with Crippen LogP contribution in [0, 0.1) is 6.92 Å². The molecule has 3 N–H and O–H groups in total. The van der Waals surface area contributed by atoms with Gasteiger partial charge < -0.3 is 15.0 Å². The Bertz CT molecular complexity index is 1230. The maximum Gasteiger partial charge on any atom is 0.413 e. The minimum Gasteiger partial charge on any atom is -0.450 e. The summed E-state index contributed by atoms with van der Waals surface area (Å²) in [4.78, 5) is 35.9. The van der Waals surface area contributed by atoms with Gasteiger partial charge in [-0.05, 0) is 55.8 Å². The number of benzene rings is 2. The van der Waals surface area contributed by atoms with Gasteiger partial charge in [0, 0.05) is 16.6 Å². The fourth-order valence-electron chi connectivity index (χ4n) is 3.04. The lowest BCUT2D eigenvalue weighted by Gasteiger charge is -2.05. The van der Waals surface area contributed by atoms with E-state index in [-0.39, 0.29) is 18.9 Å². The van der Waals surface area contributed by atoms with E-state index in [1.54, 1.807) is 12.3 Å². The summed E-state index contributed by atoms with van der Waals surface area (Å²) in [5.74, 6) is 0.586. The molecule has 2 aromatic carbocycles. The van der Waals surface area contributed by atoms with Crippen LogP contribution < -0.4 is 10.6 Å². The van der Waals surface area contributed by atoms with Crippen LogP contribution in [0.25, 0.3) is 22.4 Å². The Kier molecular flexibility index (Phi) is 5.94. The van der Waals surface area contributed by atoms with Crippen molar-refractivity contribution in [2.45, 2.75) is 20.3 Å². The predicted octanol–water partition coefficient (Wildman–Crippen LogP) is 4.74. The van der Waals surface area contributed by atoms with Crippen molar-refractivity contribution in [2.24, 2.45) is 0 Å². The van der Waals surface area contributed by atoms with E-state index in [1.165, 1.54) is 16.9 Å². The highest BCUT2D eigenvalue weighted by Gasteiger charge is 2.11. The summed E-state index contributed by atoms with van der Waals surface area (Å²) in [6, 6.07) is 13.6. The lowest BCUT2D eigenvalue weighted by molar-refractivity contribution is -0.115. The van der Waals surface area contributed by atoms with Gasteiger partial charge >= 0.3 is 6.09 Å². The number of nitrogens with zero attached hydrogens (tertiary/aromatic N) is 2. The number of aromatic nitrogens is 3. The standard InChI is InChI=1S/C22H21N5O3S/c1-3-30-22(29)27-21-24-16(12-31-21)11-19(28)23-15-7-5-14(6-8-15)20-25-17-9-4-13(2)10-18(17)26-20/h4-10,12H,3,11H2,1-2H3,(H,23,28)(H,25,26)(H,24,27,29). The topological polar surface area (TPSA) is 109 Å². The number of anilines is 2. The quantitative estimate of drug-likeness (QED) is 0.405. The molecule has 8 nitrogen and oxygen atoms in total. The van der Waals surface area contributed by atoms with Crippen LogP contribution in [0.4, 0.5) is 15.6 Å². The van der Waals surface area contributed by atoms with E-state index in [0.717, 1.165) is 22.4 Å². The summed E-state index contributed by atoms with van der Waals surface area (Å²) >= 11 is 1.24. The van der Waals surface area contributed by atoms with Gasteiger partial charge in [-0.3, -0.25) is 10.1 Å². The molecule has 0 spiro atoms. The molecule has 9 heteroatoms. The molecule has 0 aliphatic carbocycles. The molecule has 2 aromatic heterocycles. The Morgan fingerprint density at radius 2 is 1.90 bits per heavy atom. The van der Waals surface area contributed by atoms with Crippen molar-refractivity contribution in [2.75, 3.05) is 17.2 Å². The molecule has 2 amide bonds. The highest BCUT2D eigenvalue weighted by Crippen LogP contribution is 2.23. The number of aromatic amines is 1. The summed E-state index contributed by atoms with van der Waals surface area (Å²) in [6.45, 7) is 4.04. The van der Waals surface area contributed by atoms with Crippen molar-refractivity contribution in [3.8, 4) is 11.4 Å². The number of hydrogen-bond acceptors (Lipinski definition) is 6. The van der Waals surface area contributed by atoms with Crippen LogP contribution in [-0.2, 0) is 16.0 Å². The van der Waals surface area contributed by atoms with Gasteiger partial charge in [-0.2, -0.15) is 0 Å². The van der Waals surface area contributed by atoms with Crippen molar-refractivity contribution in [3.05, 3.63) is 59.1 Å². The van der Waals surface area contributed by atoms with E-state index in [1.807, 2.05) is 43.3 Å². The number of nitrogens with one attached hydrogen (secondary N) is 3. The fraction of sp³-hybridized carbons (Fsp3) is 0.182. The zero-order valence-electron chi connectivity index (χ0n) is 17.1. The minimum atomic E-state index is -0.562. The normalized spacial score (nSPS) is 10.8. The molecule has 0 fully saturated rings. The maximum atomic E-state index is 12.3. The largest absolute Gasteiger partial charge is 0.450 e. The number of carbonyl (C=O) groups excluding carboxylic acids is 2. The zero-order valence-corrected chi connectivity index (χ0v) is 17.9. The predicted molar refractivity (Wildman–Crippen MR) is 121 cm³/mol. The average molecular weight is 436 g/mol. The Morgan fingerprint density at radius 1 is 1.10 bits per heavy atom. The second-order valence-corrected chi connectivity index (χ2v) is 7.76. The van der Waals surface area contributed by atoms with Gasteiger partial charge in [-0.25, -0.2) is 14.8 Å². The van der Waals surface area contributed by atoms with Gasteiger partial charge in [-0.15, -0.1) is 11.3 Å². The van der Waals surface area contributed by atoms with E-state index in [4.69, 9.17) is 4.74 Å². The maximum absolute atomic E-state index is 12.3. The molecule has 0 atom stereocenters. The Balaban J connectivity index is 1.37. The highest BCUT2D eigenvalue weighted by atomic mass is 32.1. The molecule has 0 bridgehead atoms. The number of ether oxygens (including phenoxy) is 1. The van der Waals surface area contributed by atoms with Crippen LogP contribution in [-0.4, -0.2) is 33.6 Å². The lowest BCUT2D eigenvalue weighted by Crippen LogP contribution is -2.15. The van der Waals surface area contributed by atoms with Crippen LogP contribution in [0.1, 0.15) is 18.2 Å². The van der Waals surface area contributed by atoms with Crippen LogP contribution in [0.3, 0.4) is 0 Å². The fourth-order valence-corrected chi connectivity index (χ4v) is 3.74. The second-order valence-electron chi connectivity index (χ2n) is 6.90. The summed E-state index contributed by atoms with van der Waals surface area (Å²) in [6.07, 6.45) is -0.460. The molecule has 0 aliphatic heterocycles. The first kappa shape index (κ1) is 20.5. The van der Waals surface area contributed by atoms with Crippen molar-refractivity contribution in [1.82, 2.24) is 15.0 Å². The van der Waals surface area contributed by atoms with Gasteiger partial charge in [0.1, 0.15) is 5.82 Å². The first-order valence-corrected chi connectivity index (χ1v) is 10.6. The summed E-state index contributed by atoms with van der Waals surface area (Å²) < 4.78 is 4.81. The Morgan fingerprint density at radius 3 is 2.68 bits per heavy atom. The monoisotopic (exact) mass is 435 g/mol. The van der Waals surface area contributed by atoms with Crippen molar-refractivity contribution in [3.63, 3.8) is 0 Å². The Labute approximate surface area is 182 Å². The molecule has 0 saturated heterocycles. The first-order chi connectivity index (χ1) is 15.0. The van der Waals surface area contributed by atoms with E-state index in [2.05, 4.69) is 31.7 Å². The third-order valence-corrected chi connectivity index (χ3v) is 5.26. The number of H-pyrrole nitrogens is 1. The van der Waals surface area contributed by atoms with Crippen molar-refractivity contribution >= 4 is 45.2 Å².